The van der Waals surface area contributed by atoms with E-state index in [-0.39, 0.29) is 24.2 Å². The van der Waals surface area contributed by atoms with E-state index in [1.165, 1.54) is 24.0 Å². The summed E-state index contributed by atoms with van der Waals surface area (Å²) in [4.78, 5) is 12.3. The number of carbonyl (C=O) groups excluding carboxylic acids is 1. The average Bonchev–Trinajstić information content (AvgIpc) is 3.34. The number of hydrogen-bond donors (Lipinski definition) is 2. The maximum Gasteiger partial charge on any atom is 0.223 e. The van der Waals surface area contributed by atoms with Gasteiger partial charge in [0, 0.05) is 12.5 Å². The molecule has 23 heavy (non-hydrogen) atoms. The number of piperidine rings is 1. The zero-order valence-corrected chi connectivity index (χ0v) is 15.0. The smallest absolute Gasteiger partial charge is 0.223 e. The Hall–Kier alpha value is -1.06. The van der Waals surface area contributed by atoms with Crippen LogP contribution in [0.4, 0.5) is 0 Å². The lowest BCUT2D eigenvalue weighted by Crippen LogP contribution is -2.38. The molecule has 0 radical (unpaired) electrons. The van der Waals surface area contributed by atoms with Gasteiger partial charge in [0.15, 0.2) is 0 Å². The Kier molecular flexibility index (Phi) is 6.49. The molecule has 2 fully saturated rings. The molecule has 4 heteroatoms. The van der Waals surface area contributed by atoms with Crippen LogP contribution in [-0.4, -0.2) is 25.5 Å². The van der Waals surface area contributed by atoms with Crippen LogP contribution in [0.2, 0.25) is 0 Å². The fourth-order valence-corrected chi connectivity index (χ4v) is 3.46. The number of amides is 1. The highest BCUT2D eigenvalue weighted by Gasteiger charge is 2.43. The van der Waals surface area contributed by atoms with Gasteiger partial charge in [-0.15, -0.1) is 12.4 Å². The summed E-state index contributed by atoms with van der Waals surface area (Å²) in [7, 11) is 0. The molecular formula is C19H29ClN2O. The first kappa shape index (κ1) is 18.3. The Balaban J connectivity index is 0.00000192. The van der Waals surface area contributed by atoms with E-state index in [0.717, 1.165) is 26.1 Å². The van der Waals surface area contributed by atoms with E-state index < -0.39 is 0 Å². The van der Waals surface area contributed by atoms with Crippen LogP contribution in [0.15, 0.2) is 24.3 Å². The molecule has 3 nitrogen and oxygen atoms in total. The number of halogens is 1. The molecule has 1 heterocycles. The molecule has 1 amide bonds. The maximum absolute atomic E-state index is 12.3. The van der Waals surface area contributed by atoms with Crippen LogP contribution in [0.3, 0.4) is 0 Å². The number of rotatable bonds is 5. The van der Waals surface area contributed by atoms with Crippen molar-refractivity contribution in [1.82, 2.24) is 10.6 Å². The summed E-state index contributed by atoms with van der Waals surface area (Å²) >= 11 is 0. The van der Waals surface area contributed by atoms with E-state index >= 15 is 0 Å². The van der Waals surface area contributed by atoms with Gasteiger partial charge in [-0.25, -0.2) is 0 Å². The predicted octanol–water partition coefficient (Wildman–Crippen LogP) is 3.45. The van der Waals surface area contributed by atoms with Gasteiger partial charge in [0.2, 0.25) is 5.91 Å². The molecule has 1 aliphatic carbocycles. The van der Waals surface area contributed by atoms with Crippen molar-refractivity contribution in [3.05, 3.63) is 35.4 Å². The zero-order valence-electron chi connectivity index (χ0n) is 14.2. The van der Waals surface area contributed by atoms with E-state index in [1.54, 1.807) is 0 Å². The molecule has 3 atom stereocenters. The largest absolute Gasteiger partial charge is 0.356 e. The Morgan fingerprint density at radius 2 is 2.04 bits per heavy atom. The molecule has 0 bridgehead atoms. The van der Waals surface area contributed by atoms with E-state index in [1.807, 2.05) is 0 Å². The molecule has 1 aromatic rings. The Labute approximate surface area is 146 Å². The number of hydrogen-bond acceptors (Lipinski definition) is 2. The minimum atomic E-state index is 0. The van der Waals surface area contributed by atoms with Crippen LogP contribution in [0.25, 0.3) is 0 Å². The molecular weight excluding hydrogens is 308 g/mol. The Morgan fingerprint density at radius 3 is 2.65 bits per heavy atom. The topological polar surface area (TPSA) is 41.1 Å². The van der Waals surface area contributed by atoms with E-state index in [2.05, 4.69) is 48.7 Å². The fourth-order valence-electron chi connectivity index (χ4n) is 3.46. The SMILES string of the molecule is CC(C)c1ccc(C2CC2C(=O)NCC2CCCNC2)cc1.Cl. The summed E-state index contributed by atoms with van der Waals surface area (Å²) in [5.41, 5.74) is 2.69. The quantitative estimate of drug-likeness (QED) is 0.864. The van der Waals surface area contributed by atoms with Crippen LogP contribution >= 0.6 is 12.4 Å². The van der Waals surface area contributed by atoms with E-state index in [4.69, 9.17) is 0 Å². The van der Waals surface area contributed by atoms with Gasteiger partial charge in [-0.3, -0.25) is 4.79 Å². The van der Waals surface area contributed by atoms with Gasteiger partial charge in [-0.2, -0.15) is 0 Å². The van der Waals surface area contributed by atoms with Crippen LogP contribution in [0.1, 0.15) is 56.1 Å². The summed E-state index contributed by atoms with van der Waals surface area (Å²) in [5, 5.41) is 6.57. The third-order valence-electron chi connectivity index (χ3n) is 5.12. The minimum absolute atomic E-state index is 0. The molecule has 0 spiro atoms. The van der Waals surface area contributed by atoms with Crippen LogP contribution in [0.5, 0.6) is 0 Å². The van der Waals surface area contributed by atoms with E-state index in [0.29, 0.717) is 17.8 Å². The summed E-state index contributed by atoms with van der Waals surface area (Å²) in [5.74, 6) is 2.06. The first-order valence-corrected chi connectivity index (χ1v) is 8.73. The van der Waals surface area contributed by atoms with Gasteiger partial charge in [-0.1, -0.05) is 38.1 Å². The standard InChI is InChI=1S/C19H28N2O.ClH/c1-13(2)15-5-7-16(8-6-15)17-10-18(17)19(22)21-12-14-4-3-9-20-11-14;/h5-8,13-14,17-18,20H,3-4,9-12H2,1-2H3,(H,21,22);1H. The van der Waals surface area contributed by atoms with Crippen molar-refractivity contribution in [2.45, 2.75) is 44.9 Å². The second kappa shape index (κ2) is 8.16. The van der Waals surface area contributed by atoms with Gasteiger partial charge < -0.3 is 10.6 Å². The lowest BCUT2D eigenvalue weighted by Gasteiger charge is -2.22. The molecule has 1 saturated heterocycles. The van der Waals surface area contributed by atoms with Gasteiger partial charge >= 0.3 is 0 Å². The van der Waals surface area contributed by atoms with Gasteiger partial charge in [0.05, 0.1) is 0 Å². The normalized spacial score (nSPS) is 26.5. The molecule has 2 aliphatic rings. The molecule has 2 N–H and O–H groups in total. The summed E-state index contributed by atoms with van der Waals surface area (Å²) in [6.07, 6.45) is 3.47. The molecule has 3 rings (SSSR count). The van der Waals surface area contributed by atoms with Crippen LogP contribution in [-0.2, 0) is 4.79 Å². The average molecular weight is 337 g/mol. The second-order valence-corrected chi connectivity index (χ2v) is 7.23. The first-order chi connectivity index (χ1) is 10.6. The molecule has 1 aliphatic heterocycles. The minimum Gasteiger partial charge on any atom is -0.356 e. The first-order valence-electron chi connectivity index (χ1n) is 8.73. The lowest BCUT2D eigenvalue weighted by molar-refractivity contribution is -0.122. The second-order valence-electron chi connectivity index (χ2n) is 7.23. The molecule has 1 saturated carbocycles. The van der Waals surface area contributed by atoms with Crippen molar-refractivity contribution < 1.29 is 4.79 Å². The third-order valence-corrected chi connectivity index (χ3v) is 5.12. The Morgan fingerprint density at radius 1 is 1.30 bits per heavy atom. The monoisotopic (exact) mass is 336 g/mol. The molecule has 128 valence electrons. The van der Waals surface area contributed by atoms with Crippen molar-refractivity contribution >= 4 is 18.3 Å². The fraction of sp³-hybridized carbons (Fsp3) is 0.632. The highest BCUT2D eigenvalue weighted by molar-refractivity contribution is 5.85. The van der Waals surface area contributed by atoms with Crippen LogP contribution in [0, 0.1) is 11.8 Å². The Bertz CT molecular complexity index is 509. The molecule has 1 aromatic carbocycles. The van der Waals surface area contributed by atoms with Crippen molar-refractivity contribution in [1.29, 1.82) is 0 Å². The van der Waals surface area contributed by atoms with Crippen LogP contribution < -0.4 is 10.6 Å². The molecule has 0 aromatic heterocycles. The van der Waals surface area contributed by atoms with Gasteiger partial charge in [0.1, 0.15) is 0 Å². The van der Waals surface area contributed by atoms with Crippen molar-refractivity contribution in [2.24, 2.45) is 11.8 Å². The zero-order chi connectivity index (χ0) is 15.5. The number of nitrogens with one attached hydrogen (secondary N) is 2. The van der Waals surface area contributed by atoms with Crippen molar-refractivity contribution in [3.63, 3.8) is 0 Å². The highest BCUT2D eigenvalue weighted by Crippen LogP contribution is 2.47. The number of benzene rings is 1. The predicted molar refractivity (Wildman–Crippen MR) is 97.2 cm³/mol. The molecule has 3 unspecified atom stereocenters. The summed E-state index contributed by atoms with van der Waals surface area (Å²) < 4.78 is 0. The van der Waals surface area contributed by atoms with E-state index in [9.17, 15) is 4.79 Å². The van der Waals surface area contributed by atoms with Gasteiger partial charge in [0.25, 0.3) is 0 Å². The lowest BCUT2D eigenvalue weighted by atomic mass is 9.99. The van der Waals surface area contributed by atoms with Crippen molar-refractivity contribution in [3.8, 4) is 0 Å². The van der Waals surface area contributed by atoms with Gasteiger partial charge in [-0.05, 0) is 61.2 Å². The maximum atomic E-state index is 12.3. The summed E-state index contributed by atoms with van der Waals surface area (Å²) in [6, 6.07) is 8.83. The van der Waals surface area contributed by atoms with Crippen molar-refractivity contribution in [2.75, 3.05) is 19.6 Å². The summed E-state index contributed by atoms with van der Waals surface area (Å²) in [6.45, 7) is 7.43. The number of carbonyl (C=O) groups is 1. The third kappa shape index (κ3) is 4.71. The highest BCUT2D eigenvalue weighted by atomic mass is 35.5.